The summed E-state index contributed by atoms with van der Waals surface area (Å²) in [5, 5.41) is 0.814. The van der Waals surface area contributed by atoms with Crippen LogP contribution in [-0.4, -0.2) is 25.5 Å². The van der Waals surface area contributed by atoms with Crippen LogP contribution in [0.1, 0.15) is 32.3 Å². The summed E-state index contributed by atoms with van der Waals surface area (Å²) in [6, 6.07) is 7.11. The SMILES string of the molecule is CCC(CC)(CN)NS(=O)(=O)c1cccc2cc(C)cnc12. The lowest BCUT2D eigenvalue weighted by Crippen LogP contribution is -2.52. The number of sulfonamides is 1. The summed E-state index contributed by atoms with van der Waals surface area (Å²) in [6.07, 6.45) is 2.95. The lowest BCUT2D eigenvalue weighted by atomic mass is 9.95. The van der Waals surface area contributed by atoms with E-state index in [1.165, 1.54) is 0 Å². The first kappa shape index (κ1) is 16.9. The molecule has 0 atom stereocenters. The molecule has 0 fully saturated rings. The maximum Gasteiger partial charge on any atom is 0.243 e. The number of nitrogens with zero attached hydrogens (tertiary/aromatic N) is 1. The van der Waals surface area contributed by atoms with Crippen molar-refractivity contribution in [2.24, 2.45) is 5.73 Å². The fourth-order valence-electron chi connectivity index (χ4n) is 2.52. The van der Waals surface area contributed by atoms with E-state index in [4.69, 9.17) is 5.73 Å². The van der Waals surface area contributed by atoms with Crippen LogP contribution in [0.15, 0.2) is 35.4 Å². The molecule has 0 bridgehead atoms. The summed E-state index contributed by atoms with van der Waals surface area (Å²) >= 11 is 0. The molecule has 120 valence electrons. The number of hydrogen-bond donors (Lipinski definition) is 2. The predicted octanol–water partition coefficient (Wildman–Crippen LogP) is 2.34. The van der Waals surface area contributed by atoms with E-state index in [2.05, 4.69) is 9.71 Å². The molecule has 0 aliphatic carbocycles. The number of aryl methyl sites for hydroxylation is 1. The molecular weight excluding hydrogens is 298 g/mol. The largest absolute Gasteiger partial charge is 0.329 e. The zero-order chi connectivity index (χ0) is 16.4. The highest BCUT2D eigenvalue weighted by Gasteiger charge is 2.31. The number of hydrogen-bond acceptors (Lipinski definition) is 4. The van der Waals surface area contributed by atoms with Crippen LogP contribution in [0.25, 0.3) is 10.9 Å². The van der Waals surface area contributed by atoms with Gasteiger partial charge < -0.3 is 5.73 Å². The van der Waals surface area contributed by atoms with Gasteiger partial charge in [-0.2, -0.15) is 0 Å². The second-order valence-electron chi connectivity index (χ2n) is 5.64. The number of rotatable bonds is 6. The molecule has 22 heavy (non-hydrogen) atoms. The van der Waals surface area contributed by atoms with Gasteiger partial charge in [-0.25, -0.2) is 13.1 Å². The van der Waals surface area contributed by atoms with Crippen LogP contribution in [0.4, 0.5) is 0 Å². The fourth-order valence-corrected chi connectivity index (χ4v) is 4.26. The predicted molar refractivity (Wildman–Crippen MR) is 89.2 cm³/mol. The average molecular weight is 321 g/mol. The highest BCUT2D eigenvalue weighted by molar-refractivity contribution is 7.89. The van der Waals surface area contributed by atoms with Crippen molar-refractivity contribution < 1.29 is 8.42 Å². The van der Waals surface area contributed by atoms with Gasteiger partial charge in [-0.3, -0.25) is 4.98 Å². The van der Waals surface area contributed by atoms with E-state index in [0.717, 1.165) is 10.9 Å². The molecule has 5 nitrogen and oxygen atoms in total. The molecule has 0 unspecified atom stereocenters. The Morgan fingerprint density at radius 1 is 1.27 bits per heavy atom. The molecule has 2 aromatic rings. The zero-order valence-electron chi connectivity index (χ0n) is 13.3. The van der Waals surface area contributed by atoms with Gasteiger partial charge in [0.1, 0.15) is 4.90 Å². The quantitative estimate of drug-likeness (QED) is 0.855. The van der Waals surface area contributed by atoms with Gasteiger partial charge in [0.05, 0.1) is 5.52 Å². The van der Waals surface area contributed by atoms with E-state index in [9.17, 15) is 8.42 Å². The number of aromatic nitrogens is 1. The molecule has 0 radical (unpaired) electrons. The molecule has 3 N–H and O–H groups in total. The third-order valence-corrected chi connectivity index (χ3v) is 5.81. The first-order valence-electron chi connectivity index (χ1n) is 7.47. The number of para-hydroxylation sites is 1. The van der Waals surface area contributed by atoms with Crippen molar-refractivity contribution in [3.63, 3.8) is 0 Å². The molecule has 0 spiro atoms. The summed E-state index contributed by atoms with van der Waals surface area (Å²) < 4.78 is 28.4. The Labute approximate surface area is 132 Å². The summed E-state index contributed by atoms with van der Waals surface area (Å²) in [5.74, 6) is 0. The van der Waals surface area contributed by atoms with E-state index in [1.54, 1.807) is 18.3 Å². The van der Waals surface area contributed by atoms with E-state index < -0.39 is 15.6 Å². The highest BCUT2D eigenvalue weighted by atomic mass is 32.2. The summed E-state index contributed by atoms with van der Waals surface area (Å²) in [4.78, 5) is 4.50. The maximum absolute atomic E-state index is 12.8. The lowest BCUT2D eigenvalue weighted by molar-refractivity contribution is 0.363. The van der Waals surface area contributed by atoms with Gasteiger partial charge in [0.15, 0.2) is 0 Å². The van der Waals surface area contributed by atoms with Crippen LogP contribution in [0.5, 0.6) is 0 Å². The molecule has 0 saturated carbocycles. The monoisotopic (exact) mass is 321 g/mol. The normalized spacial score (nSPS) is 12.7. The number of benzene rings is 1. The van der Waals surface area contributed by atoms with Gasteiger partial charge in [0, 0.05) is 23.7 Å². The second-order valence-corrected chi connectivity index (χ2v) is 7.29. The number of nitrogens with two attached hydrogens (primary N) is 1. The third kappa shape index (κ3) is 3.14. The van der Waals surface area contributed by atoms with Crippen molar-refractivity contribution in [2.75, 3.05) is 6.54 Å². The van der Waals surface area contributed by atoms with E-state index >= 15 is 0 Å². The van der Waals surface area contributed by atoms with Crippen LogP contribution in [-0.2, 0) is 10.0 Å². The van der Waals surface area contributed by atoms with Crippen molar-refractivity contribution in [1.82, 2.24) is 9.71 Å². The van der Waals surface area contributed by atoms with E-state index in [-0.39, 0.29) is 11.4 Å². The van der Waals surface area contributed by atoms with Gasteiger partial charge in [0.2, 0.25) is 10.0 Å². The first-order chi connectivity index (χ1) is 10.4. The molecule has 1 heterocycles. The molecule has 6 heteroatoms. The maximum atomic E-state index is 12.8. The minimum absolute atomic E-state index is 0.199. The minimum atomic E-state index is -3.69. The average Bonchev–Trinajstić information content (AvgIpc) is 2.52. The second kappa shape index (κ2) is 6.32. The lowest BCUT2D eigenvalue weighted by Gasteiger charge is -2.31. The Bertz CT molecular complexity index is 760. The molecule has 1 aromatic carbocycles. The molecule has 2 rings (SSSR count). The van der Waals surface area contributed by atoms with Crippen LogP contribution in [0, 0.1) is 6.92 Å². The van der Waals surface area contributed by atoms with E-state index in [1.807, 2.05) is 32.9 Å². The number of fused-ring (bicyclic) bond motifs is 1. The van der Waals surface area contributed by atoms with Crippen molar-refractivity contribution in [3.8, 4) is 0 Å². The van der Waals surface area contributed by atoms with E-state index in [0.29, 0.717) is 18.4 Å². The Balaban J connectivity index is 2.55. The first-order valence-corrected chi connectivity index (χ1v) is 8.95. The molecule has 1 aromatic heterocycles. The highest BCUT2D eigenvalue weighted by Crippen LogP contribution is 2.24. The van der Waals surface area contributed by atoms with Gasteiger partial charge in [-0.05, 0) is 37.5 Å². The van der Waals surface area contributed by atoms with Crippen LogP contribution in [0.3, 0.4) is 0 Å². The number of pyridine rings is 1. The smallest absolute Gasteiger partial charge is 0.243 e. The summed E-state index contributed by atoms with van der Waals surface area (Å²) in [7, 11) is -3.69. The topological polar surface area (TPSA) is 85.1 Å². The minimum Gasteiger partial charge on any atom is -0.329 e. The molecular formula is C16H23N3O2S. The Kier molecular flexibility index (Phi) is 4.84. The van der Waals surface area contributed by atoms with Crippen molar-refractivity contribution in [1.29, 1.82) is 0 Å². The molecule has 0 amide bonds. The van der Waals surface area contributed by atoms with Crippen molar-refractivity contribution in [2.45, 2.75) is 44.0 Å². The Morgan fingerprint density at radius 3 is 2.55 bits per heavy atom. The zero-order valence-corrected chi connectivity index (χ0v) is 14.1. The van der Waals surface area contributed by atoms with Crippen LogP contribution < -0.4 is 10.5 Å². The molecule has 0 saturated heterocycles. The Hall–Kier alpha value is -1.50. The van der Waals surface area contributed by atoms with Crippen molar-refractivity contribution >= 4 is 20.9 Å². The molecule has 0 aliphatic heterocycles. The summed E-state index contributed by atoms with van der Waals surface area (Å²) in [6.45, 7) is 6.06. The van der Waals surface area contributed by atoms with Gasteiger partial charge in [-0.15, -0.1) is 0 Å². The molecule has 0 aliphatic rings. The standard InChI is InChI=1S/C16H23N3O2S/c1-4-16(5-2,11-17)19-22(20,21)14-8-6-7-13-9-12(3)10-18-15(13)14/h6-10,19H,4-5,11,17H2,1-3H3. The number of nitrogens with one attached hydrogen (secondary N) is 1. The Morgan fingerprint density at radius 2 is 1.95 bits per heavy atom. The fraction of sp³-hybridized carbons (Fsp3) is 0.438. The summed E-state index contributed by atoms with van der Waals surface area (Å²) in [5.41, 5.74) is 6.66. The van der Waals surface area contributed by atoms with Crippen molar-refractivity contribution in [3.05, 3.63) is 36.0 Å². The van der Waals surface area contributed by atoms with Crippen LogP contribution in [0.2, 0.25) is 0 Å². The van der Waals surface area contributed by atoms with Gasteiger partial charge >= 0.3 is 0 Å². The van der Waals surface area contributed by atoms with Gasteiger partial charge in [0.25, 0.3) is 0 Å². The van der Waals surface area contributed by atoms with Crippen LogP contribution >= 0.6 is 0 Å². The van der Waals surface area contributed by atoms with Gasteiger partial charge in [-0.1, -0.05) is 26.0 Å². The third-order valence-electron chi connectivity index (χ3n) is 4.20.